The Hall–Kier alpha value is -1.88. The summed E-state index contributed by atoms with van der Waals surface area (Å²) in [5.74, 6) is -0.0733. The minimum atomic E-state index is -0.261. The molecule has 1 amide bonds. The smallest absolute Gasteiger partial charge is 0.251 e. The van der Waals surface area contributed by atoms with E-state index in [1.807, 2.05) is 20.8 Å². The van der Waals surface area contributed by atoms with E-state index in [-0.39, 0.29) is 28.6 Å². The number of ether oxygens (including phenoxy) is 1. The van der Waals surface area contributed by atoms with Crippen molar-refractivity contribution in [1.82, 2.24) is 5.32 Å². The lowest BCUT2D eigenvalue weighted by atomic mass is 9.65. The van der Waals surface area contributed by atoms with Gasteiger partial charge in [0.2, 0.25) is 0 Å². The Bertz CT molecular complexity index is 750. The maximum absolute atomic E-state index is 13.1. The molecule has 0 heterocycles. The third-order valence-electron chi connectivity index (χ3n) is 5.83. The first-order chi connectivity index (χ1) is 13.6. The van der Waals surface area contributed by atoms with Crippen LogP contribution >= 0.6 is 0 Å². The monoisotopic (exact) mass is 395 g/mol. The predicted molar refractivity (Wildman–Crippen MR) is 119 cm³/mol. The van der Waals surface area contributed by atoms with Gasteiger partial charge in [-0.2, -0.15) is 0 Å². The fourth-order valence-electron chi connectivity index (χ4n) is 4.03. The van der Waals surface area contributed by atoms with E-state index in [2.05, 4.69) is 25.2 Å². The van der Waals surface area contributed by atoms with E-state index in [1.54, 1.807) is 24.3 Å². The van der Waals surface area contributed by atoms with Crippen LogP contribution in [0.5, 0.6) is 0 Å². The van der Waals surface area contributed by atoms with Crippen molar-refractivity contribution in [1.29, 1.82) is 0 Å². The van der Waals surface area contributed by atoms with Crippen LogP contribution in [-0.2, 0) is 4.74 Å². The number of nitrogens with one attached hydrogen (secondary N) is 1. The van der Waals surface area contributed by atoms with E-state index in [0.717, 1.165) is 19.3 Å². The lowest BCUT2D eigenvalue weighted by Crippen LogP contribution is -2.34. The van der Waals surface area contributed by atoms with Crippen molar-refractivity contribution in [3.63, 3.8) is 0 Å². The average Bonchev–Trinajstić information content (AvgIpc) is 2.66. The topological polar surface area (TPSA) is 55.4 Å². The summed E-state index contributed by atoms with van der Waals surface area (Å²) < 4.78 is 5.65. The average molecular weight is 395 g/mol. The van der Waals surface area contributed by atoms with Crippen LogP contribution in [0.1, 0.15) is 74.6 Å². The quantitative estimate of drug-likeness (QED) is 0.373. The molecule has 0 saturated carbocycles. The van der Waals surface area contributed by atoms with Crippen LogP contribution in [0.15, 0.2) is 35.9 Å². The van der Waals surface area contributed by atoms with Gasteiger partial charge in [-0.15, -0.1) is 0 Å². The molecule has 5 heteroatoms. The number of hydrogen-bond acceptors (Lipinski definition) is 3. The molecule has 0 aromatic heterocycles. The lowest BCUT2D eigenvalue weighted by Gasteiger charge is -2.37. The molecule has 1 atom stereocenters. The molecule has 1 N–H and O–H groups in total. The normalized spacial score (nSPS) is 18.8. The summed E-state index contributed by atoms with van der Waals surface area (Å²) in [7, 11) is 5.78. The molecule has 0 fully saturated rings. The van der Waals surface area contributed by atoms with Crippen molar-refractivity contribution in [2.75, 3.05) is 13.2 Å². The second-order valence-corrected chi connectivity index (χ2v) is 9.16. The molecule has 0 spiro atoms. The lowest BCUT2D eigenvalue weighted by molar-refractivity contribution is -0.0153. The largest absolute Gasteiger partial charge is 0.376 e. The van der Waals surface area contributed by atoms with Gasteiger partial charge in [0.25, 0.3) is 5.91 Å². The zero-order valence-corrected chi connectivity index (χ0v) is 18.5. The Morgan fingerprint density at radius 1 is 1.21 bits per heavy atom. The molecule has 1 aliphatic carbocycles. The van der Waals surface area contributed by atoms with Crippen LogP contribution in [0.3, 0.4) is 0 Å². The fraction of sp³-hybridized carbons (Fsp3) is 0.583. The van der Waals surface area contributed by atoms with Gasteiger partial charge in [-0.25, -0.2) is 0 Å². The van der Waals surface area contributed by atoms with Crippen LogP contribution in [0, 0.1) is 11.3 Å². The molecule has 1 aromatic rings. The number of hydrogen-bond donors (Lipinski definition) is 1. The van der Waals surface area contributed by atoms with Crippen molar-refractivity contribution in [2.45, 2.75) is 65.8 Å². The molecule has 4 nitrogen and oxygen atoms in total. The third kappa shape index (κ3) is 6.30. The first-order valence-electron chi connectivity index (χ1n) is 10.5. The standard InChI is InChI=1S/C24H34BNO3/c1-6-29-24(4,5)13-14-26-22(28)19-10-8-18(9-11-19)21(27)20-12-7-17(16-25)15-23(20,2)3/h7-11,20H,6,12-16H2,1-5H3,(H,26,28). The highest BCUT2D eigenvalue weighted by atomic mass is 16.5. The minimum Gasteiger partial charge on any atom is -0.376 e. The summed E-state index contributed by atoms with van der Waals surface area (Å²) in [5, 5.41) is 2.93. The summed E-state index contributed by atoms with van der Waals surface area (Å²) >= 11 is 0. The zero-order valence-electron chi connectivity index (χ0n) is 18.5. The van der Waals surface area contributed by atoms with Crippen molar-refractivity contribution < 1.29 is 14.3 Å². The summed E-state index contributed by atoms with van der Waals surface area (Å²) in [6.07, 6.45) is 4.96. The Balaban J connectivity index is 1.98. The van der Waals surface area contributed by atoms with Gasteiger partial charge in [-0.3, -0.25) is 9.59 Å². The van der Waals surface area contributed by atoms with Crippen LogP contribution in [-0.4, -0.2) is 38.3 Å². The second kappa shape index (κ2) is 9.75. The number of Topliss-reactive ketones (excluding diaryl/α,β-unsaturated/α-hetero) is 1. The molecular formula is C24H34BNO3. The predicted octanol–water partition coefficient (Wildman–Crippen LogP) is 4.75. The number of rotatable bonds is 9. The van der Waals surface area contributed by atoms with Crippen LogP contribution in [0.2, 0.25) is 6.32 Å². The molecule has 0 aliphatic heterocycles. The highest BCUT2D eigenvalue weighted by molar-refractivity contribution is 6.10. The third-order valence-corrected chi connectivity index (χ3v) is 5.83. The number of ketones is 1. The Labute approximate surface area is 176 Å². The molecule has 2 radical (unpaired) electrons. The van der Waals surface area contributed by atoms with E-state index in [4.69, 9.17) is 12.6 Å². The van der Waals surface area contributed by atoms with Gasteiger partial charge in [0, 0.05) is 30.2 Å². The molecule has 29 heavy (non-hydrogen) atoms. The van der Waals surface area contributed by atoms with Crippen molar-refractivity contribution in [3.8, 4) is 0 Å². The van der Waals surface area contributed by atoms with Crippen LogP contribution < -0.4 is 5.32 Å². The summed E-state index contributed by atoms with van der Waals surface area (Å²) in [6, 6.07) is 6.99. The number of amides is 1. The zero-order chi connectivity index (χ0) is 21.7. The van der Waals surface area contributed by atoms with E-state index < -0.39 is 0 Å². The molecule has 1 aromatic carbocycles. The highest BCUT2D eigenvalue weighted by Gasteiger charge is 2.37. The molecular weight excluding hydrogens is 361 g/mol. The van der Waals surface area contributed by atoms with E-state index in [1.165, 1.54) is 5.57 Å². The van der Waals surface area contributed by atoms with E-state index in [9.17, 15) is 9.59 Å². The molecule has 1 aliphatic rings. The summed E-state index contributed by atoms with van der Waals surface area (Å²) in [5.41, 5.74) is 2.05. The van der Waals surface area contributed by atoms with Gasteiger partial charge in [0.15, 0.2) is 5.78 Å². The van der Waals surface area contributed by atoms with Gasteiger partial charge in [0.1, 0.15) is 0 Å². The van der Waals surface area contributed by atoms with Crippen molar-refractivity contribution in [3.05, 3.63) is 47.0 Å². The number of carbonyl (C=O) groups is 2. The summed E-state index contributed by atoms with van der Waals surface area (Å²) in [4.78, 5) is 25.4. The van der Waals surface area contributed by atoms with Crippen molar-refractivity contribution >= 4 is 19.5 Å². The second-order valence-electron chi connectivity index (χ2n) is 9.16. The first kappa shape index (κ1) is 23.4. The maximum Gasteiger partial charge on any atom is 0.251 e. The molecule has 2 rings (SSSR count). The number of benzene rings is 1. The SMILES string of the molecule is [B]CC1=CCC(C(=O)c2ccc(C(=O)NCCC(C)(C)OCC)cc2)C(C)(C)C1. The van der Waals surface area contributed by atoms with Crippen LogP contribution in [0.4, 0.5) is 0 Å². The molecule has 156 valence electrons. The fourth-order valence-corrected chi connectivity index (χ4v) is 4.03. The van der Waals surface area contributed by atoms with Crippen molar-refractivity contribution in [2.24, 2.45) is 11.3 Å². The van der Waals surface area contributed by atoms with Gasteiger partial charge in [0.05, 0.1) is 13.4 Å². The Kier molecular flexibility index (Phi) is 7.87. The molecule has 0 saturated heterocycles. The minimum absolute atomic E-state index is 0.0710. The van der Waals surface area contributed by atoms with Gasteiger partial charge < -0.3 is 10.1 Å². The highest BCUT2D eigenvalue weighted by Crippen LogP contribution is 2.42. The van der Waals surface area contributed by atoms with Gasteiger partial charge in [-0.1, -0.05) is 43.9 Å². The maximum atomic E-state index is 13.1. The first-order valence-corrected chi connectivity index (χ1v) is 10.5. The summed E-state index contributed by atoms with van der Waals surface area (Å²) in [6.45, 7) is 11.4. The van der Waals surface area contributed by atoms with E-state index >= 15 is 0 Å². The molecule has 1 unspecified atom stereocenters. The Morgan fingerprint density at radius 3 is 2.38 bits per heavy atom. The molecule has 0 bridgehead atoms. The Morgan fingerprint density at radius 2 is 1.83 bits per heavy atom. The number of carbonyl (C=O) groups excluding carboxylic acids is 2. The van der Waals surface area contributed by atoms with Crippen LogP contribution in [0.25, 0.3) is 0 Å². The van der Waals surface area contributed by atoms with Gasteiger partial charge in [-0.05, 0) is 57.6 Å². The number of allylic oxidation sites excluding steroid dienone is 2. The van der Waals surface area contributed by atoms with Gasteiger partial charge >= 0.3 is 0 Å². The van der Waals surface area contributed by atoms with E-state index in [0.29, 0.717) is 30.6 Å².